The molecule has 0 aromatic rings. The first-order valence-corrected chi connectivity index (χ1v) is 3.59. The molecule has 0 spiro atoms. The third-order valence-corrected chi connectivity index (χ3v) is 1.56. The molecule has 0 aliphatic heterocycles. The van der Waals surface area contributed by atoms with E-state index in [-0.39, 0.29) is 0 Å². The fraction of sp³-hybridized carbons (Fsp3) is 0.571. The first kappa shape index (κ1) is 10.5. The van der Waals surface area contributed by atoms with E-state index in [0.717, 1.165) is 0 Å². The Kier molecular flexibility index (Phi) is 4.15. The van der Waals surface area contributed by atoms with Crippen molar-refractivity contribution < 1.29 is 9.90 Å². The molecule has 1 atom stereocenters. The van der Waals surface area contributed by atoms with Crippen LogP contribution in [0.5, 0.6) is 0 Å². The third kappa shape index (κ3) is 4.01. The lowest BCUT2D eigenvalue weighted by Gasteiger charge is -2.19. The highest BCUT2D eigenvalue weighted by molar-refractivity contribution is 6.29. The minimum Gasteiger partial charge on any atom is -0.480 e. The largest absolute Gasteiger partial charge is 0.480 e. The zero-order chi connectivity index (χ0) is 9.02. The Morgan fingerprint density at radius 2 is 2.27 bits per heavy atom. The molecule has 0 fully saturated rings. The number of likely N-dealkylation sites (N-methyl/N-ethyl adjacent to an activating group) is 1. The highest BCUT2D eigenvalue weighted by Crippen LogP contribution is 2.03. The molecule has 0 bridgehead atoms. The molecule has 1 N–H and O–H groups in total. The van der Waals surface area contributed by atoms with E-state index in [9.17, 15) is 4.79 Å². The van der Waals surface area contributed by atoms with Gasteiger partial charge in [-0.1, -0.05) is 18.2 Å². The lowest BCUT2D eigenvalue weighted by atomic mass is 10.3. The van der Waals surface area contributed by atoms with Crippen molar-refractivity contribution in [1.82, 2.24) is 4.90 Å². The minimum absolute atomic E-state index is 0.398. The van der Waals surface area contributed by atoms with Gasteiger partial charge in [0.1, 0.15) is 6.04 Å². The number of halogens is 1. The van der Waals surface area contributed by atoms with Crippen molar-refractivity contribution in [3.63, 3.8) is 0 Å². The van der Waals surface area contributed by atoms with Crippen molar-refractivity contribution in [2.75, 3.05) is 13.6 Å². The summed E-state index contributed by atoms with van der Waals surface area (Å²) in [6.07, 6.45) is 0. The molecule has 0 radical (unpaired) electrons. The second-order valence-corrected chi connectivity index (χ2v) is 2.98. The molecule has 0 aromatic heterocycles. The molecule has 3 nitrogen and oxygen atoms in total. The van der Waals surface area contributed by atoms with Gasteiger partial charge in [0.15, 0.2) is 0 Å². The maximum absolute atomic E-state index is 10.4. The number of rotatable bonds is 4. The van der Waals surface area contributed by atoms with Gasteiger partial charge in [-0.05, 0) is 14.0 Å². The second-order valence-electron chi connectivity index (χ2n) is 2.45. The lowest BCUT2D eigenvalue weighted by Crippen LogP contribution is -2.36. The molecule has 0 saturated heterocycles. The monoisotopic (exact) mass is 177 g/mol. The molecule has 0 rings (SSSR count). The van der Waals surface area contributed by atoms with E-state index >= 15 is 0 Å². The maximum atomic E-state index is 10.4. The van der Waals surface area contributed by atoms with Crippen molar-refractivity contribution in [3.8, 4) is 0 Å². The van der Waals surface area contributed by atoms with Crippen molar-refractivity contribution in [1.29, 1.82) is 0 Å². The van der Waals surface area contributed by atoms with Crippen LogP contribution >= 0.6 is 11.6 Å². The van der Waals surface area contributed by atoms with Crippen molar-refractivity contribution >= 4 is 17.6 Å². The van der Waals surface area contributed by atoms with E-state index in [1.165, 1.54) is 0 Å². The Labute approximate surface area is 71.3 Å². The van der Waals surface area contributed by atoms with Crippen LogP contribution in [0, 0.1) is 0 Å². The van der Waals surface area contributed by atoms with Gasteiger partial charge in [-0.25, -0.2) is 0 Å². The average Bonchev–Trinajstić information content (AvgIpc) is 1.84. The molecular weight excluding hydrogens is 166 g/mol. The summed E-state index contributed by atoms with van der Waals surface area (Å²) < 4.78 is 0. The Bertz CT molecular complexity index is 170. The first-order valence-electron chi connectivity index (χ1n) is 3.21. The Balaban J connectivity index is 3.92. The number of aliphatic carboxylic acids is 1. The number of hydrogen-bond donors (Lipinski definition) is 1. The van der Waals surface area contributed by atoms with Gasteiger partial charge in [0.25, 0.3) is 0 Å². The molecule has 64 valence electrons. The van der Waals surface area contributed by atoms with Gasteiger partial charge in [0.05, 0.1) is 0 Å². The minimum atomic E-state index is -0.856. The molecule has 0 amide bonds. The van der Waals surface area contributed by atoms with Gasteiger partial charge in [-0.2, -0.15) is 0 Å². The predicted octanol–water partition coefficient (Wildman–Crippen LogP) is 1.14. The normalized spacial score (nSPS) is 13.1. The van der Waals surface area contributed by atoms with Crippen LogP contribution in [0.25, 0.3) is 0 Å². The molecule has 11 heavy (non-hydrogen) atoms. The van der Waals surface area contributed by atoms with Gasteiger partial charge in [0, 0.05) is 11.6 Å². The Morgan fingerprint density at radius 1 is 1.82 bits per heavy atom. The van der Waals surface area contributed by atoms with Crippen LogP contribution in [0.4, 0.5) is 0 Å². The smallest absolute Gasteiger partial charge is 0.320 e. The fourth-order valence-electron chi connectivity index (χ4n) is 0.596. The van der Waals surface area contributed by atoms with Crippen LogP contribution in [0.3, 0.4) is 0 Å². The maximum Gasteiger partial charge on any atom is 0.320 e. The number of nitrogens with zero attached hydrogens (tertiary/aromatic N) is 1. The van der Waals surface area contributed by atoms with Crippen LogP contribution in [0.15, 0.2) is 11.6 Å². The van der Waals surface area contributed by atoms with Gasteiger partial charge < -0.3 is 5.11 Å². The number of carboxylic acids is 1. The van der Waals surface area contributed by atoms with E-state index in [2.05, 4.69) is 6.58 Å². The first-order chi connectivity index (χ1) is 4.95. The average molecular weight is 178 g/mol. The SMILES string of the molecule is C=C(Cl)CN(C)C(C)C(=O)O. The summed E-state index contributed by atoms with van der Waals surface area (Å²) in [4.78, 5) is 12.0. The Morgan fingerprint density at radius 3 is 2.55 bits per heavy atom. The molecule has 4 heteroatoms. The summed E-state index contributed by atoms with van der Waals surface area (Å²) >= 11 is 5.49. The topological polar surface area (TPSA) is 40.5 Å². The van der Waals surface area contributed by atoms with Crippen molar-refractivity contribution in [3.05, 3.63) is 11.6 Å². The van der Waals surface area contributed by atoms with Crippen LogP contribution in [0.2, 0.25) is 0 Å². The summed E-state index contributed by atoms with van der Waals surface area (Å²) in [6.45, 7) is 5.46. The van der Waals surface area contributed by atoms with Gasteiger partial charge in [-0.3, -0.25) is 9.69 Å². The summed E-state index contributed by atoms with van der Waals surface area (Å²) in [5.41, 5.74) is 0. The molecule has 1 unspecified atom stereocenters. The van der Waals surface area contributed by atoms with Gasteiger partial charge in [0.2, 0.25) is 0 Å². The molecule has 0 heterocycles. The second kappa shape index (κ2) is 4.36. The van der Waals surface area contributed by atoms with E-state index in [0.29, 0.717) is 11.6 Å². The highest BCUT2D eigenvalue weighted by Gasteiger charge is 2.16. The summed E-state index contributed by atoms with van der Waals surface area (Å²) in [5.74, 6) is -0.856. The van der Waals surface area contributed by atoms with Crippen LogP contribution < -0.4 is 0 Å². The zero-order valence-electron chi connectivity index (χ0n) is 6.67. The van der Waals surface area contributed by atoms with E-state index in [1.807, 2.05) is 0 Å². The highest BCUT2D eigenvalue weighted by atomic mass is 35.5. The third-order valence-electron chi connectivity index (χ3n) is 1.44. The summed E-state index contributed by atoms with van der Waals surface area (Å²) in [5, 5.41) is 9.00. The van der Waals surface area contributed by atoms with Gasteiger partial charge >= 0.3 is 5.97 Å². The number of carbonyl (C=O) groups is 1. The fourth-order valence-corrected chi connectivity index (χ4v) is 0.785. The van der Waals surface area contributed by atoms with E-state index in [1.54, 1.807) is 18.9 Å². The standard InChI is InChI=1S/C7H12ClNO2/c1-5(8)4-9(3)6(2)7(10)11/h6H,1,4H2,2-3H3,(H,10,11). The number of hydrogen-bond acceptors (Lipinski definition) is 2. The molecule has 0 aliphatic carbocycles. The summed E-state index contributed by atoms with van der Waals surface area (Å²) in [6, 6.07) is -0.523. The van der Waals surface area contributed by atoms with Crippen molar-refractivity contribution in [2.24, 2.45) is 0 Å². The molecule has 0 saturated carbocycles. The van der Waals surface area contributed by atoms with Crippen molar-refractivity contribution in [2.45, 2.75) is 13.0 Å². The van der Waals surface area contributed by atoms with Crippen LogP contribution in [0.1, 0.15) is 6.92 Å². The Hall–Kier alpha value is -0.540. The molecular formula is C7H12ClNO2. The van der Waals surface area contributed by atoms with E-state index in [4.69, 9.17) is 16.7 Å². The quantitative estimate of drug-likeness (QED) is 0.700. The summed E-state index contributed by atoms with van der Waals surface area (Å²) in [7, 11) is 1.69. The lowest BCUT2D eigenvalue weighted by molar-refractivity contribution is -0.141. The van der Waals surface area contributed by atoms with Crippen LogP contribution in [-0.2, 0) is 4.79 Å². The predicted molar refractivity (Wildman–Crippen MR) is 44.7 cm³/mol. The van der Waals surface area contributed by atoms with Gasteiger partial charge in [-0.15, -0.1) is 0 Å². The molecule has 0 aliphatic rings. The van der Waals surface area contributed by atoms with E-state index < -0.39 is 12.0 Å². The number of carboxylic acid groups (broad SMARTS) is 1. The zero-order valence-corrected chi connectivity index (χ0v) is 7.43. The van der Waals surface area contributed by atoms with Crippen LogP contribution in [-0.4, -0.2) is 35.6 Å². The molecule has 0 aromatic carbocycles.